The molecular formula is C17H23NO3. The summed E-state index contributed by atoms with van der Waals surface area (Å²) < 4.78 is 0. The van der Waals surface area contributed by atoms with Gasteiger partial charge in [0.25, 0.3) is 5.88 Å². The Morgan fingerprint density at radius 3 is 2.81 bits per heavy atom. The lowest BCUT2D eigenvalue weighted by molar-refractivity contribution is -0.208. The number of pyridine rings is 1. The first kappa shape index (κ1) is 17.0. The molecule has 4 nitrogen and oxygen atoms in total. The van der Waals surface area contributed by atoms with Gasteiger partial charge in [-0.05, 0) is 18.9 Å². The van der Waals surface area contributed by atoms with Crippen LogP contribution in [0.25, 0.3) is 0 Å². The van der Waals surface area contributed by atoms with Crippen LogP contribution in [0, 0.1) is 0 Å². The van der Waals surface area contributed by atoms with E-state index in [1.54, 1.807) is 30.5 Å². The van der Waals surface area contributed by atoms with Crippen LogP contribution < -0.4 is 4.89 Å². The monoisotopic (exact) mass is 289 g/mol. The van der Waals surface area contributed by atoms with E-state index in [0.717, 1.165) is 6.42 Å². The second kappa shape index (κ2) is 11.7. The van der Waals surface area contributed by atoms with E-state index < -0.39 is 5.97 Å². The number of carbonyl (C=O) groups excluding carboxylic acids is 1. The van der Waals surface area contributed by atoms with Crippen LogP contribution >= 0.6 is 0 Å². The molecule has 0 saturated heterocycles. The van der Waals surface area contributed by atoms with Crippen LogP contribution in [-0.4, -0.2) is 11.0 Å². The third-order valence-corrected chi connectivity index (χ3v) is 2.80. The van der Waals surface area contributed by atoms with Crippen LogP contribution in [0.5, 0.6) is 5.88 Å². The summed E-state index contributed by atoms with van der Waals surface area (Å²) in [6.45, 7) is 2.21. The zero-order valence-electron chi connectivity index (χ0n) is 12.5. The van der Waals surface area contributed by atoms with Gasteiger partial charge in [-0.3, -0.25) is 4.89 Å². The van der Waals surface area contributed by atoms with Gasteiger partial charge in [-0.1, -0.05) is 56.9 Å². The Morgan fingerprint density at radius 2 is 2.05 bits per heavy atom. The van der Waals surface area contributed by atoms with Gasteiger partial charge in [0.1, 0.15) is 0 Å². The molecular weight excluding hydrogens is 266 g/mol. The SMILES string of the molecule is CCCCCCCC=CC=CC(=O)OOc1ccccn1. The molecule has 0 saturated carbocycles. The Kier molecular flexibility index (Phi) is 9.45. The van der Waals surface area contributed by atoms with E-state index in [0.29, 0.717) is 0 Å². The van der Waals surface area contributed by atoms with Gasteiger partial charge < -0.3 is 0 Å². The summed E-state index contributed by atoms with van der Waals surface area (Å²) in [5.41, 5.74) is 0. The lowest BCUT2D eigenvalue weighted by atomic mass is 10.1. The Morgan fingerprint density at radius 1 is 1.19 bits per heavy atom. The van der Waals surface area contributed by atoms with Gasteiger partial charge in [0.2, 0.25) is 0 Å². The molecule has 0 bridgehead atoms. The number of allylic oxidation sites excluding steroid dienone is 3. The molecule has 4 heteroatoms. The van der Waals surface area contributed by atoms with Gasteiger partial charge >= 0.3 is 5.97 Å². The van der Waals surface area contributed by atoms with Gasteiger partial charge in [0.05, 0.1) is 0 Å². The van der Waals surface area contributed by atoms with Gasteiger partial charge in [0.15, 0.2) is 0 Å². The quantitative estimate of drug-likeness (QED) is 0.211. The van der Waals surface area contributed by atoms with Crippen LogP contribution in [0.3, 0.4) is 0 Å². The zero-order valence-corrected chi connectivity index (χ0v) is 12.5. The number of aromatic nitrogens is 1. The first-order valence-electron chi connectivity index (χ1n) is 7.45. The first-order valence-corrected chi connectivity index (χ1v) is 7.45. The third-order valence-electron chi connectivity index (χ3n) is 2.80. The average Bonchev–Trinajstić information content (AvgIpc) is 2.52. The standard InChI is InChI=1S/C17H23NO3/c1-2-3-4-5-6-7-8-9-10-14-17(19)21-20-16-13-11-12-15-18-16/h8-15H,2-7H2,1H3. The van der Waals surface area contributed by atoms with Crippen molar-refractivity contribution in [3.8, 4) is 5.88 Å². The molecule has 0 aliphatic rings. The fourth-order valence-electron chi connectivity index (χ4n) is 1.68. The van der Waals surface area contributed by atoms with E-state index in [-0.39, 0.29) is 5.88 Å². The van der Waals surface area contributed by atoms with Crippen molar-refractivity contribution in [3.63, 3.8) is 0 Å². The fraction of sp³-hybridized carbons (Fsp3) is 0.412. The molecule has 0 aromatic carbocycles. The van der Waals surface area contributed by atoms with E-state index in [2.05, 4.69) is 22.9 Å². The minimum atomic E-state index is -0.562. The molecule has 0 atom stereocenters. The topological polar surface area (TPSA) is 48.4 Å². The Bertz CT molecular complexity index is 441. The van der Waals surface area contributed by atoms with Crippen molar-refractivity contribution in [2.45, 2.75) is 45.4 Å². The maximum atomic E-state index is 11.3. The first-order chi connectivity index (χ1) is 10.3. The predicted molar refractivity (Wildman–Crippen MR) is 82.6 cm³/mol. The van der Waals surface area contributed by atoms with E-state index in [4.69, 9.17) is 4.89 Å². The van der Waals surface area contributed by atoms with E-state index in [1.165, 1.54) is 38.2 Å². The number of hydrogen-bond donors (Lipinski definition) is 0. The van der Waals surface area contributed by atoms with Crippen molar-refractivity contribution in [2.75, 3.05) is 0 Å². The zero-order chi connectivity index (χ0) is 15.2. The van der Waals surface area contributed by atoms with E-state index in [1.807, 2.05) is 6.08 Å². The number of unbranched alkanes of at least 4 members (excludes halogenated alkanes) is 5. The molecule has 0 fully saturated rings. The fourth-order valence-corrected chi connectivity index (χ4v) is 1.68. The summed E-state index contributed by atoms with van der Waals surface area (Å²) >= 11 is 0. The van der Waals surface area contributed by atoms with Crippen molar-refractivity contribution >= 4 is 5.97 Å². The van der Waals surface area contributed by atoms with Gasteiger partial charge in [-0.25, -0.2) is 14.7 Å². The minimum Gasteiger partial charge on any atom is -0.266 e. The normalized spacial score (nSPS) is 11.1. The van der Waals surface area contributed by atoms with Crippen molar-refractivity contribution in [1.82, 2.24) is 4.98 Å². The summed E-state index contributed by atoms with van der Waals surface area (Å²) in [5, 5.41) is 0. The Balaban J connectivity index is 2.08. The molecule has 0 aliphatic carbocycles. The predicted octanol–water partition coefficient (Wildman–Crippen LogP) is 4.39. The summed E-state index contributed by atoms with van der Waals surface area (Å²) in [7, 11) is 0. The minimum absolute atomic E-state index is 0.252. The van der Waals surface area contributed by atoms with Crippen molar-refractivity contribution in [1.29, 1.82) is 0 Å². The second-order valence-corrected chi connectivity index (χ2v) is 4.64. The Labute approximate surface area is 126 Å². The van der Waals surface area contributed by atoms with E-state index >= 15 is 0 Å². The van der Waals surface area contributed by atoms with Gasteiger partial charge in [-0.2, -0.15) is 0 Å². The molecule has 0 aliphatic heterocycles. The van der Waals surface area contributed by atoms with E-state index in [9.17, 15) is 4.79 Å². The van der Waals surface area contributed by atoms with Crippen molar-refractivity contribution < 1.29 is 14.6 Å². The summed E-state index contributed by atoms with van der Waals surface area (Å²) in [4.78, 5) is 24.5. The highest BCUT2D eigenvalue weighted by Gasteiger charge is 1.99. The molecule has 1 aromatic heterocycles. The molecule has 0 radical (unpaired) electrons. The molecule has 0 unspecified atom stereocenters. The highest BCUT2D eigenvalue weighted by Crippen LogP contribution is 2.05. The number of nitrogens with zero attached hydrogens (tertiary/aromatic N) is 1. The van der Waals surface area contributed by atoms with Crippen LogP contribution in [0.4, 0.5) is 0 Å². The summed E-state index contributed by atoms with van der Waals surface area (Å²) in [6, 6.07) is 5.10. The third kappa shape index (κ3) is 9.44. The Hall–Kier alpha value is -2.10. The summed E-state index contributed by atoms with van der Waals surface area (Å²) in [5.74, 6) is -0.310. The highest BCUT2D eigenvalue weighted by molar-refractivity contribution is 5.81. The lowest BCUT2D eigenvalue weighted by Gasteiger charge is -1.99. The molecule has 114 valence electrons. The molecule has 0 spiro atoms. The van der Waals surface area contributed by atoms with Crippen molar-refractivity contribution in [3.05, 3.63) is 48.7 Å². The van der Waals surface area contributed by atoms with Crippen LogP contribution in [0.1, 0.15) is 45.4 Å². The van der Waals surface area contributed by atoms with Gasteiger partial charge in [-0.15, -0.1) is 0 Å². The number of rotatable bonds is 10. The van der Waals surface area contributed by atoms with Crippen LogP contribution in [-0.2, 0) is 9.68 Å². The molecule has 0 N–H and O–H groups in total. The van der Waals surface area contributed by atoms with Gasteiger partial charge in [0, 0.05) is 18.3 Å². The smallest absolute Gasteiger partial charge is 0.266 e. The summed E-state index contributed by atoms with van der Waals surface area (Å²) in [6.07, 6.45) is 15.8. The van der Waals surface area contributed by atoms with Crippen LogP contribution in [0.15, 0.2) is 48.7 Å². The lowest BCUT2D eigenvalue weighted by Crippen LogP contribution is -2.05. The maximum absolute atomic E-state index is 11.3. The average molecular weight is 289 g/mol. The number of hydrogen-bond acceptors (Lipinski definition) is 4. The van der Waals surface area contributed by atoms with Crippen molar-refractivity contribution in [2.24, 2.45) is 0 Å². The molecule has 0 amide bonds. The second-order valence-electron chi connectivity index (χ2n) is 4.64. The number of carbonyl (C=O) groups is 1. The molecule has 1 rings (SSSR count). The molecule has 1 aromatic rings. The molecule has 21 heavy (non-hydrogen) atoms. The largest absolute Gasteiger partial charge is 0.379 e. The highest BCUT2D eigenvalue weighted by atomic mass is 17.2. The van der Waals surface area contributed by atoms with Crippen LogP contribution in [0.2, 0.25) is 0 Å². The maximum Gasteiger partial charge on any atom is 0.379 e. The molecule has 1 heterocycles.